The lowest BCUT2D eigenvalue weighted by atomic mass is 9.82. The zero-order valence-electron chi connectivity index (χ0n) is 16.0. The number of esters is 2. The molecule has 0 N–H and O–H groups in total. The molecule has 0 spiro atoms. The van der Waals surface area contributed by atoms with Crippen molar-refractivity contribution in [1.82, 2.24) is 0 Å². The van der Waals surface area contributed by atoms with Gasteiger partial charge in [0.05, 0.1) is 14.2 Å². The molecule has 0 aliphatic rings. The first-order valence-corrected chi connectivity index (χ1v) is 8.73. The van der Waals surface area contributed by atoms with Crippen LogP contribution in [0.2, 0.25) is 0 Å². The van der Waals surface area contributed by atoms with Crippen molar-refractivity contribution in [2.75, 3.05) is 14.2 Å². The highest BCUT2D eigenvalue weighted by atomic mass is 16.6. The minimum Gasteiger partial charge on any atom is -0.493 e. The molecule has 0 saturated carbocycles. The predicted molar refractivity (Wildman–Crippen MR) is 100 cm³/mol. The summed E-state index contributed by atoms with van der Waals surface area (Å²) >= 11 is 0. The first kappa shape index (κ1) is 20.3. The maximum Gasteiger partial charge on any atom is 0.329 e. The van der Waals surface area contributed by atoms with Gasteiger partial charge in [-0.25, -0.2) is 0 Å². The average Bonchev–Trinajstić information content (AvgIpc) is 2.70. The largest absolute Gasteiger partial charge is 0.493 e. The number of carbonyl (C=O) groups is 2. The molecule has 0 amide bonds. The molecule has 2 rings (SSSR count). The van der Waals surface area contributed by atoms with Crippen LogP contribution in [-0.2, 0) is 9.59 Å². The standard InChI is InChI=1S/C21H24O6/c1-5-21(6-2,19(22)26-17-13-9-7-11-15(17)24-3)20(23)27-18-14-10-8-12-16(18)25-4/h7-14H,5-6H2,1-4H3. The lowest BCUT2D eigenvalue weighted by Crippen LogP contribution is -2.44. The Morgan fingerprint density at radius 1 is 0.704 bits per heavy atom. The zero-order valence-corrected chi connectivity index (χ0v) is 16.0. The maximum absolute atomic E-state index is 12.9. The number of carbonyl (C=O) groups excluding carboxylic acids is 2. The van der Waals surface area contributed by atoms with Gasteiger partial charge in [-0.05, 0) is 37.1 Å². The smallest absolute Gasteiger partial charge is 0.329 e. The van der Waals surface area contributed by atoms with E-state index >= 15 is 0 Å². The van der Waals surface area contributed by atoms with Crippen LogP contribution in [0.4, 0.5) is 0 Å². The van der Waals surface area contributed by atoms with E-state index in [1.165, 1.54) is 14.2 Å². The second-order valence-corrected chi connectivity index (χ2v) is 5.87. The van der Waals surface area contributed by atoms with E-state index in [0.29, 0.717) is 11.5 Å². The Kier molecular flexibility index (Phi) is 6.82. The fourth-order valence-electron chi connectivity index (χ4n) is 2.71. The van der Waals surface area contributed by atoms with Crippen LogP contribution in [0.3, 0.4) is 0 Å². The molecular formula is C21H24O6. The fourth-order valence-corrected chi connectivity index (χ4v) is 2.71. The predicted octanol–water partition coefficient (Wildman–Crippen LogP) is 4.02. The summed E-state index contributed by atoms with van der Waals surface area (Å²) in [7, 11) is 2.96. The molecule has 0 radical (unpaired) electrons. The number of methoxy groups -OCH3 is 2. The number of para-hydroxylation sites is 4. The van der Waals surface area contributed by atoms with E-state index in [-0.39, 0.29) is 24.3 Å². The van der Waals surface area contributed by atoms with E-state index in [9.17, 15) is 9.59 Å². The highest BCUT2D eigenvalue weighted by molar-refractivity contribution is 6.01. The number of hydrogen-bond acceptors (Lipinski definition) is 6. The maximum atomic E-state index is 12.9. The van der Waals surface area contributed by atoms with Crippen LogP contribution in [-0.4, -0.2) is 26.2 Å². The molecule has 27 heavy (non-hydrogen) atoms. The summed E-state index contributed by atoms with van der Waals surface area (Å²) in [5.41, 5.74) is -1.44. The van der Waals surface area contributed by atoms with Crippen LogP contribution < -0.4 is 18.9 Å². The molecule has 0 bridgehead atoms. The highest BCUT2D eigenvalue weighted by Gasteiger charge is 2.47. The summed E-state index contributed by atoms with van der Waals surface area (Å²) in [6.07, 6.45) is 0.455. The summed E-state index contributed by atoms with van der Waals surface area (Å²) in [5, 5.41) is 0. The van der Waals surface area contributed by atoms with Gasteiger partial charge in [0.1, 0.15) is 0 Å². The van der Waals surface area contributed by atoms with E-state index in [1.54, 1.807) is 62.4 Å². The first-order chi connectivity index (χ1) is 13.0. The third-order valence-corrected chi connectivity index (χ3v) is 4.53. The van der Waals surface area contributed by atoms with E-state index in [4.69, 9.17) is 18.9 Å². The summed E-state index contributed by atoms with van der Waals surface area (Å²) < 4.78 is 21.4. The second kappa shape index (κ2) is 9.07. The van der Waals surface area contributed by atoms with E-state index in [1.807, 2.05) is 0 Å². The summed E-state index contributed by atoms with van der Waals surface area (Å²) in [4.78, 5) is 25.9. The Morgan fingerprint density at radius 3 is 1.33 bits per heavy atom. The number of ether oxygens (including phenoxy) is 4. The lowest BCUT2D eigenvalue weighted by molar-refractivity contribution is -0.161. The van der Waals surface area contributed by atoms with E-state index < -0.39 is 17.4 Å². The summed E-state index contributed by atoms with van der Waals surface area (Å²) in [5.74, 6) is -0.0494. The molecule has 0 aromatic heterocycles. The molecule has 2 aromatic carbocycles. The van der Waals surface area contributed by atoms with Gasteiger partial charge in [0, 0.05) is 0 Å². The topological polar surface area (TPSA) is 71.1 Å². The lowest BCUT2D eigenvalue weighted by Gasteiger charge is -2.27. The normalized spacial score (nSPS) is 10.8. The van der Waals surface area contributed by atoms with Gasteiger partial charge < -0.3 is 18.9 Å². The molecule has 0 saturated heterocycles. The molecule has 0 fully saturated rings. The van der Waals surface area contributed by atoms with Crippen LogP contribution in [0.25, 0.3) is 0 Å². The van der Waals surface area contributed by atoms with Gasteiger partial charge in [0.25, 0.3) is 0 Å². The third-order valence-electron chi connectivity index (χ3n) is 4.53. The van der Waals surface area contributed by atoms with Gasteiger partial charge in [0.2, 0.25) is 0 Å². The minimum absolute atomic E-state index is 0.228. The third kappa shape index (κ3) is 4.22. The summed E-state index contributed by atoms with van der Waals surface area (Å²) in [6.45, 7) is 3.49. The van der Waals surface area contributed by atoms with Crippen molar-refractivity contribution in [2.45, 2.75) is 26.7 Å². The Hall–Kier alpha value is -3.02. The molecular weight excluding hydrogens is 348 g/mol. The van der Waals surface area contributed by atoms with Gasteiger partial charge in [-0.1, -0.05) is 38.1 Å². The molecule has 0 aliphatic heterocycles. The Balaban J connectivity index is 2.29. The van der Waals surface area contributed by atoms with Crippen LogP contribution in [0.15, 0.2) is 48.5 Å². The van der Waals surface area contributed by atoms with Crippen molar-refractivity contribution in [2.24, 2.45) is 5.41 Å². The van der Waals surface area contributed by atoms with Crippen LogP contribution in [0, 0.1) is 5.41 Å². The van der Waals surface area contributed by atoms with Gasteiger partial charge in [-0.3, -0.25) is 9.59 Å². The van der Waals surface area contributed by atoms with Crippen LogP contribution in [0.5, 0.6) is 23.0 Å². The number of rotatable bonds is 8. The number of benzene rings is 2. The SMILES string of the molecule is CCC(CC)(C(=O)Oc1ccccc1OC)C(=O)Oc1ccccc1OC. The Bertz CT molecular complexity index is 731. The molecule has 2 aromatic rings. The molecule has 6 heteroatoms. The molecule has 0 unspecified atom stereocenters. The van der Waals surface area contributed by atoms with Crippen molar-refractivity contribution in [3.8, 4) is 23.0 Å². The molecule has 6 nitrogen and oxygen atoms in total. The summed E-state index contributed by atoms with van der Waals surface area (Å²) in [6, 6.07) is 13.5. The van der Waals surface area contributed by atoms with E-state index in [2.05, 4.69) is 0 Å². The monoisotopic (exact) mass is 372 g/mol. The van der Waals surface area contributed by atoms with Crippen LogP contribution in [0.1, 0.15) is 26.7 Å². The first-order valence-electron chi connectivity index (χ1n) is 8.73. The van der Waals surface area contributed by atoms with Gasteiger partial charge in [-0.2, -0.15) is 0 Å². The molecule has 0 aliphatic carbocycles. The fraction of sp³-hybridized carbons (Fsp3) is 0.333. The molecule has 144 valence electrons. The Labute approximate surface area is 159 Å². The van der Waals surface area contributed by atoms with E-state index in [0.717, 1.165) is 0 Å². The molecule has 0 heterocycles. The Morgan fingerprint density at radius 2 is 1.04 bits per heavy atom. The second-order valence-electron chi connectivity index (χ2n) is 5.87. The van der Waals surface area contributed by atoms with Crippen molar-refractivity contribution < 1.29 is 28.5 Å². The van der Waals surface area contributed by atoms with Gasteiger partial charge in [-0.15, -0.1) is 0 Å². The quantitative estimate of drug-likeness (QED) is 0.396. The zero-order chi connectivity index (χ0) is 19.9. The number of hydrogen-bond donors (Lipinski definition) is 0. The minimum atomic E-state index is -1.44. The van der Waals surface area contributed by atoms with Crippen molar-refractivity contribution in [1.29, 1.82) is 0 Å². The van der Waals surface area contributed by atoms with Crippen LogP contribution >= 0.6 is 0 Å². The highest BCUT2D eigenvalue weighted by Crippen LogP contribution is 2.35. The van der Waals surface area contributed by atoms with Crippen molar-refractivity contribution in [3.63, 3.8) is 0 Å². The van der Waals surface area contributed by atoms with Gasteiger partial charge >= 0.3 is 11.9 Å². The van der Waals surface area contributed by atoms with Crippen molar-refractivity contribution in [3.05, 3.63) is 48.5 Å². The van der Waals surface area contributed by atoms with Crippen molar-refractivity contribution >= 4 is 11.9 Å². The van der Waals surface area contributed by atoms with Gasteiger partial charge in [0.15, 0.2) is 28.4 Å². The average molecular weight is 372 g/mol. The molecule has 0 atom stereocenters.